The Balaban J connectivity index is 2.56. The summed E-state index contributed by atoms with van der Waals surface area (Å²) in [5.74, 6) is 0. The van der Waals surface area contributed by atoms with Crippen LogP contribution in [0.15, 0.2) is 18.2 Å². The monoisotopic (exact) mass is 235 g/mol. The topological polar surface area (TPSA) is 40.5 Å². The van der Waals surface area contributed by atoms with E-state index in [2.05, 4.69) is 11.9 Å². The van der Waals surface area contributed by atoms with Gasteiger partial charge in [0.25, 0.3) is 0 Å². The molecule has 0 saturated carbocycles. The Morgan fingerprint density at radius 3 is 2.65 bits per heavy atom. The van der Waals surface area contributed by atoms with Crippen molar-refractivity contribution in [2.24, 2.45) is 0 Å². The molecule has 0 atom stereocenters. The second-order valence-corrected chi connectivity index (χ2v) is 4.37. The Hall–Kier alpha value is -1.35. The fraction of sp³-hybridized carbons (Fsp3) is 0.500. The predicted molar refractivity (Wildman–Crippen MR) is 70.8 cm³/mol. The van der Waals surface area contributed by atoms with Crippen LogP contribution in [-0.4, -0.2) is 31.6 Å². The second kappa shape index (κ2) is 7.07. The summed E-state index contributed by atoms with van der Waals surface area (Å²) in [7, 11) is 2.06. The molecule has 1 aromatic carbocycles. The third kappa shape index (κ3) is 4.19. The van der Waals surface area contributed by atoms with Gasteiger partial charge in [-0.2, -0.15) is 0 Å². The first-order chi connectivity index (χ1) is 8.19. The minimum Gasteiger partial charge on any atom is -0.396 e. The largest absolute Gasteiger partial charge is 0.396 e. The summed E-state index contributed by atoms with van der Waals surface area (Å²) < 4.78 is 0. The number of aldehydes is 1. The maximum atomic E-state index is 10.6. The summed E-state index contributed by atoms with van der Waals surface area (Å²) in [6.07, 6.45) is 3.87. The lowest BCUT2D eigenvalue weighted by Crippen LogP contribution is -2.19. The van der Waals surface area contributed by atoms with Gasteiger partial charge in [-0.25, -0.2) is 0 Å². The number of carbonyl (C=O) groups is 1. The lowest BCUT2D eigenvalue weighted by Gasteiger charge is -2.21. The van der Waals surface area contributed by atoms with Crippen molar-refractivity contribution in [3.8, 4) is 0 Å². The number of rotatable bonds is 7. The van der Waals surface area contributed by atoms with Gasteiger partial charge in [-0.1, -0.05) is 0 Å². The van der Waals surface area contributed by atoms with E-state index in [1.165, 1.54) is 5.69 Å². The molecule has 0 saturated heterocycles. The molecule has 0 aliphatic rings. The van der Waals surface area contributed by atoms with Crippen LogP contribution in [0.5, 0.6) is 0 Å². The van der Waals surface area contributed by atoms with Crippen molar-refractivity contribution in [2.45, 2.75) is 26.2 Å². The lowest BCUT2D eigenvalue weighted by molar-refractivity contribution is 0.112. The standard InChI is InChI=1S/C14H21NO2/c1-12-10-13(11-17)6-7-14(12)15(2)8-4-3-5-9-16/h6-7,10-11,16H,3-5,8-9H2,1-2H3. The number of unbranched alkanes of at least 4 members (excludes halogenated alkanes) is 2. The first-order valence-electron chi connectivity index (χ1n) is 6.07. The number of hydrogen-bond donors (Lipinski definition) is 1. The van der Waals surface area contributed by atoms with Gasteiger partial charge in [0.1, 0.15) is 6.29 Å². The molecule has 0 bridgehead atoms. The van der Waals surface area contributed by atoms with Crippen molar-refractivity contribution in [1.82, 2.24) is 0 Å². The summed E-state index contributed by atoms with van der Waals surface area (Å²) >= 11 is 0. The number of aryl methyl sites for hydroxylation is 1. The normalized spacial score (nSPS) is 10.3. The third-order valence-corrected chi connectivity index (χ3v) is 2.92. The molecule has 17 heavy (non-hydrogen) atoms. The van der Waals surface area contributed by atoms with E-state index in [4.69, 9.17) is 5.11 Å². The van der Waals surface area contributed by atoms with Crippen LogP contribution in [0.25, 0.3) is 0 Å². The van der Waals surface area contributed by atoms with Gasteiger partial charge in [0.2, 0.25) is 0 Å². The number of anilines is 1. The number of aliphatic hydroxyl groups excluding tert-OH is 1. The van der Waals surface area contributed by atoms with Crippen molar-refractivity contribution in [2.75, 3.05) is 25.1 Å². The Kier molecular flexibility index (Phi) is 5.70. The van der Waals surface area contributed by atoms with Crippen molar-refractivity contribution >= 4 is 12.0 Å². The Morgan fingerprint density at radius 2 is 2.06 bits per heavy atom. The molecule has 3 nitrogen and oxygen atoms in total. The molecule has 0 aliphatic carbocycles. The van der Waals surface area contributed by atoms with Gasteiger partial charge in [-0.15, -0.1) is 0 Å². The van der Waals surface area contributed by atoms with Gasteiger partial charge in [0, 0.05) is 31.5 Å². The highest BCUT2D eigenvalue weighted by atomic mass is 16.2. The molecule has 0 aliphatic heterocycles. The highest BCUT2D eigenvalue weighted by molar-refractivity contribution is 5.76. The molecule has 0 spiro atoms. The van der Waals surface area contributed by atoms with Gasteiger partial charge < -0.3 is 10.0 Å². The van der Waals surface area contributed by atoms with Crippen LogP contribution in [0.4, 0.5) is 5.69 Å². The highest BCUT2D eigenvalue weighted by Gasteiger charge is 2.04. The predicted octanol–water partition coefficient (Wildman–Crippen LogP) is 2.41. The van der Waals surface area contributed by atoms with Gasteiger partial charge in [0.15, 0.2) is 0 Å². The average Bonchev–Trinajstić information content (AvgIpc) is 2.34. The summed E-state index contributed by atoms with van der Waals surface area (Å²) in [6.45, 7) is 3.27. The molecule has 0 unspecified atom stereocenters. The fourth-order valence-electron chi connectivity index (χ4n) is 1.94. The van der Waals surface area contributed by atoms with Crippen LogP contribution in [0.2, 0.25) is 0 Å². The van der Waals surface area contributed by atoms with E-state index in [9.17, 15) is 4.79 Å². The molecule has 0 heterocycles. The Labute approximate surface area is 103 Å². The first-order valence-corrected chi connectivity index (χ1v) is 6.07. The maximum absolute atomic E-state index is 10.6. The van der Waals surface area contributed by atoms with Crippen molar-refractivity contribution < 1.29 is 9.90 Å². The Morgan fingerprint density at radius 1 is 1.29 bits per heavy atom. The van der Waals surface area contributed by atoms with E-state index in [0.717, 1.165) is 43.2 Å². The molecule has 0 amide bonds. The van der Waals surface area contributed by atoms with E-state index in [1.54, 1.807) is 0 Å². The number of hydrogen-bond acceptors (Lipinski definition) is 3. The summed E-state index contributed by atoms with van der Waals surface area (Å²) in [5, 5.41) is 8.70. The molecular weight excluding hydrogens is 214 g/mol. The zero-order chi connectivity index (χ0) is 12.7. The van der Waals surface area contributed by atoms with E-state index in [0.29, 0.717) is 0 Å². The lowest BCUT2D eigenvalue weighted by atomic mass is 10.1. The van der Waals surface area contributed by atoms with Gasteiger partial charge in [-0.05, 0) is 49.9 Å². The summed E-state index contributed by atoms with van der Waals surface area (Å²) in [6, 6.07) is 5.75. The molecule has 0 radical (unpaired) electrons. The number of aliphatic hydroxyl groups is 1. The molecule has 1 aromatic rings. The molecule has 0 aromatic heterocycles. The van der Waals surface area contributed by atoms with Crippen LogP contribution in [-0.2, 0) is 0 Å². The molecule has 3 heteroatoms. The van der Waals surface area contributed by atoms with Crippen LogP contribution >= 0.6 is 0 Å². The number of nitrogens with zero attached hydrogens (tertiary/aromatic N) is 1. The van der Waals surface area contributed by atoms with Crippen LogP contribution < -0.4 is 4.90 Å². The fourth-order valence-corrected chi connectivity index (χ4v) is 1.94. The summed E-state index contributed by atoms with van der Waals surface area (Å²) in [4.78, 5) is 12.8. The van der Waals surface area contributed by atoms with Gasteiger partial charge in [0.05, 0.1) is 0 Å². The number of carbonyl (C=O) groups excluding carboxylic acids is 1. The van der Waals surface area contributed by atoms with E-state index < -0.39 is 0 Å². The molecular formula is C14H21NO2. The molecule has 1 N–H and O–H groups in total. The molecule has 0 fully saturated rings. The Bertz CT molecular complexity index is 363. The third-order valence-electron chi connectivity index (χ3n) is 2.92. The second-order valence-electron chi connectivity index (χ2n) is 4.37. The van der Waals surface area contributed by atoms with Crippen molar-refractivity contribution in [1.29, 1.82) is 0 Å². The zero-order valence-electron chi connectivity index (χ0n) is 10.6. The number of benzene rings is 1. The van der Waals surface area contributed by atoms with Gasteiger partial charge in [-0.3, -0.25) is 4.79 Å². The minimum absolute atomic E-state index is 0.275. The van der Waals surface area contributed by atoms with Crippen LogP contribution in [0.1, 0.15) is 35.2 Å². The van der Waals surface area contributed by atoms with E-state index in [-0.39, 0.29) is 6.61 Å². The SMILES string of the molecule is Cc1cc(C=O)ccc1N(C)CCCCCO. The van der Waals surface area contributed by atoms with Crippen molar-refractivity contribution in [3.05, 3.63) is 29.3 Å². The van der Waals surface area contributed by atoms with Crippen molar-refractivity contribution in [3.63, 3.8) is 0 Å². The van der Waals surface area contributed by atoms with Crippen LogP contribution in [0, 0.1) is 6.92 Å². The smallest absolute Gasteiger partial charge is 0.150 e. The summed E-state index contributed by atoms with van der Waals surface area (Å²) in [5.41, 5.74) is 3.01. The van der Waals surface area contributed by atoms with Crippen LogP contribution in [0.3, 0.4) is 0 Å². The maximum Gasteiger partial charge on any atom is 0.150 e. The minimum atomic E-state index is 0.275. The van der Waals surface area contributed by atoms with E-state index >= 15 is 0 Å². The highest BCUT2D eigenvalue weighted by Crippen LogP contribution is 2.20. The zero-order valence-corrected chi connectivity index (χ0v) is 10.6. The average molecular weight is 235 g/mol. The first kappa shape index (κ1) is 13.7. The van der Waals surface area contributed by atoms with E-state index in [1.807, 2.05) is 25.1 Å². The van der Waals surface area contributed by atoms with Gasteiger partial charge >= 0.3 is 0 Å². The quantitative estimate of drug-likeness (QED) is 0.583. The molecule has 1 rings (SSSR count). The molecule has 94 valence electrons.